The molecule has 0 N–H and O–H groups in total. The van der Waals surface area contributed by atoms with Gasteiger partial charge in [0.2, 0.25) is 0 Å². The Balaban J connectivity index is 2.15. The first-order valence-electron chi connectivity index (χ1n) is 5.07. The van der Waals surface area contributed by atoms with Crippen LogP contribution in [0.5, 0.6) is 0 Å². The monoisotopic (exact) mass is 184 g/mol. The molecule has 0 saturated carbocycles. The molecule has 0 aromatic heterocycles. The molecule has 0 spiro atoms. The Bertz CT molecular complexity index is 226. The van der Waals surface area contributed by atoms with E-state index in [0.717, 1.165) is 19.3 Å². The van der Waals surface area contributed by atoms with Gasteiger partial charge in [0, 0.05) is 6.42 Å². The zero-order valence-corrected chi connectivity index (χ0v) is 8.21. The average Bonchev–Trinajstić information content (AvgIpc) is 2.57. The molecule has 3 atom stereocenters. The van der Waals surface area contributed by atoms with Crippen LogP contribution in [0.15, 0.2) is 0 Å². The molecular formula is C10H16O3. The molecule has 74 valence electrons. The number of rotatable bonds is 2. The van der Waals surface area contributed by atoms with Gasteiger partial charge in [-0.25, -0.2) is 0 Å². The van der Waals surface area contributed by atoms with Gasteiger partial charge >= 0.3 is 5.97 Å². The smallest absolute Gasteiger partial charge is 0.309 e. The van der Waals surface area contributed by atoms with E-state index in [1.807, 2.05) is 0 Å². The van der Waals surface area contributed by atoms with Crippen LogP contribution in [0.2, 0.25) is 0 Å². The van der Waals surface area contributed by atoms with Crippen molar-refractivity contribution in [1.82, 2.24) is 0 Å². The number of ether oxygens (including phenoxy) is 2. The molecule has 2 fully saturated rings. The van der Waals surface area contributed by atoms with Gasteiger partial charge in [-0.2, -0.15) is 0 Å². The van der Waals surface area contributed by atoms with E-state index >= 15 is 0 Å². The Hall–Kier alpha value is -0.570. The SMILES string of the molecule is CC[C@@H]1C[C@@]2(CC)OC(=O)C[C@H]2O1. The summed E-state index contributed by atoms with van der Waals surface area (Å²) >= 11 is 0. The van der Waals surface area contributed by atoms with Crippen molar-refractivity contribution >= 4 is 5.97 Å². The van der Waals surface area contributed by atoms with Crippen LogP contribution in [0, 0.1) is 0 Å². The highest BCUT2D eigenvalue weighted by Gasteiger charge is 2.55. The molecule has 0 aliphatic carbocycles. The summed E-state index contributed by atoms with van der Waals surface area (Å²) in [5.41, 5.74) is -0.280. The lowest BCUT2D eigenvalue weighted by molar-refractivity contribution is -0.148. The van der Waals surface area contributed by atoms with Gasteiger partial charge in [0.05, 0.1) is 12.5 Å². The zero-order valence-electron chi connectivity index (χ0n) is 8.21. The van der Waals surface area contributed by atoms with Crippen molar-refractivity contribution in [1.29, 1.82) is 0 Å². The predicted octanol–water partition coefficient (Wildman–Crippen LogP) is 1.65. The van der Waals surface area contributed by atoms with E-state index in [-0.39, 0.29) is 23.8 Å². The molecule has 0 amide bonds. The van der Waals surface area contributed by atoms with Crippen LogP contribution < -0.4 is 0 Å². The van der Waals surface area contributed by atoms with Gasteiger partial charge < -0.3 is 9.47 Å². The largest absolute Gasteiger partial charge is 0.456 e. The van der Waals surface area contributed by atoms with E-state index in [1.54, 1.807) is 0 Å². The minimum absolute atomic E-state index is 0.0231. The third kappa shape index (κ3) is 1.26. The van der Waals surface area contributed by atoms with Gasteiger partial charge in [0.25, 0.3) is 0 Å². The first-order valence-corrected chi connectivity index (χ1v) is 5.07. The first-order chi connectivity index (χ1) is 6.20. The molecule has 2 saturated heterocycles. The highest BCUT2D eigenvalue weighted by atomic mass is 16.6. The lowest BCUT2D eigenvalue weighted by atomic mass is 9.91. The van der Waals surface area contributed by atoms with Crippen molar-refractivity contribution in [3.8, 4) is 0 Å². The molecule has 2 heterocycles. The van der Waals surface area contributed by atoms with Gasteiger partial charge in [-0.15, -0.1) is 0 Å². The molecule has 3 heteroatoms. The molecule has 0 aromatic carbocycles. The molecule has 2 rings (SSSR count). The standard InChI is InChI=1S/C10H16O3/c1-3-7-6-10(4-2)8(12-7)5-9(11)13-10/h7-8H,3-6H2,1-2H3/t7-,8-,10-/m1/s1. The Morgan fingerprint density at radius 1 is 1.54 bits per heavy atom. The highest BCUT2D eigenvalue weighted by molar-refractivity contribution is 5.73. The molecule has 2 aliphatic heterocycles. The van der Waals surface area contributed by atoms with Crippen LogP contribution in [0.4, 0.5) is 0 Å². The number of esters is 1. The van der Waals surface area contributed by atoms with Crippen molar-refractivity contribution < 1.29 is 14.3 Å². The molecule has 3 nitrogen and oxygen atoms in total. The van der Waals surface area contributed by atoms with E-state index in [4.69, 9.17) is 9.47 Å². The van der Waals surface area contributed by atoms with Crippen molar-refractivity contribution in [2.24, 2.45) is 0 Å². The summed E-state index contributed by atoms with van der Waals surface area (Å²) in [6, 6.07) is 0. The summed E-state index contributed by atoms with van der Waals surface area (Å²) in [4.78, 5) is 11.1. The summed E-state index contributed by atoms with van der Waals surface area (Å²) in [6.45, 7) is 4.17. The van der Waals surface area contributed by atoms with Crippen molar-refractivity contribution in [3.05, 3.63) is 0 Å². The van der Waals surface area contributed by atoms with E-state index in [1.165, 1.54) is 0 Å². The number of fused-ring (bicyclic) bond motifs is 1. The summed E-state index contributed by atoms with van der Waals surface area (Å²) in [5, 5.41) is 0. The van der Waals surface area contributed by atoms with Crippen LogP contribution >= 0.6 is 0 Å². The third-order valence-electron chi connectivity index (χ3n) is 3.24. The number of carbonyl (C=O) groups is 1. The molecule has 13 heavy (non-hydrogen) atoms. The quantitative estimate of drug-likeness (QED) is 0.612. The van der Waals surface area contributed by atoms with Gasteiger partial charge in [0.1, 0.15) is 11.7 Å². The van der Waals surface area contributed by atoms with Gasteiger partial charge in [-0.3, -0.25) is 4.79 Å². The second-order valence-electron chi connectivity index (χ2n) is 3.96. The highest BCUT2D eigenvalue weighted by Crippen LogP contribution is 2.43. The fourth-order valence-corrected chi connectivity index (χ4v) is 2.37. The van der Waals surface area contributed by atoms with Crippen LogP contribution in [0.25, 0.3) is 0 Å². The van der Waals surface area contributed by atoms with Gasteiger partial charge in [-0.1, -0.05) is 13.8 Å². The fraction of sp³-hybridized carbons (Fsp3) is 0.900. The maximum atomic E-state index is 11.1. The molecule has 0 bridgehead atoms. The lowest BCUT2D eigenvalue weighted by Gasteiger charge is -2.23. The van der Waals surface area contributed by atoms with Crippen LogP contribution in [-0.4, -0.2) is 23.8 Å². The van der Waals surface area contributed by atoms with Crippen molar-refractivity contribution in [2.45, 2.75) is 57.3 Å². The second-order valence-corrected chi connectivity index (χ2v) is 3.96. The Morgan fingerprint density at radius 2 is 2.31 bits per heavy atom. The third-order valence-corrected chi connectivity index (χ3v) is 3.24. The van der Waals surface area contributed by atoms with E-state index in [2.05, 4.69) is 13.8 Å². The summed E-state index contributed by atoms with van der Waals surface area (Å²) in [6.07, 6.45) is 3.53. The fourth-order valence-electron chi connectivity index (χ4n) is 2.37. The van der Waals surface area contributed by atoms with Gasteiger partial charge in [-0.05, 0) is 12.8 Å². The van der Waals surface area contributed by atoms with E-state index in [0.29, 0.717) is 6.42 Å². The summed E-state index contributed by atoms with van der Waals surface area (Å²) in [5.74, 6) is -0.0959. The molecule has 2 aliphatic rings. The topological polar surface area (TPSA) is 35.5 Å². The van der Waals surface area contributed by atoms with Crippen LogP contribution in [-0.2, 0) is 14.3 Å². The predicted molar refractivity (Wildman–Crippen MR) is 47.3 cm³/mol. The minimum atomic E-state index is -0.280. The van der Waals surface area contributed by atoms with E-state index < -0.39 is 0 Å². The van der Waals surface area contributed by atoms with Crippen molar-refractivity contribution in [3.63, 3.8) is 0 Å². The average molecular weight is 184 g/mol. The summed E-state index contributed by atoms with van der Waals surface area (Å²) < 4.78 is 11.1. The number of hydrogen-bond acceptors (Lipinski definition) is 3. The maximum Gasteiger partial charge on any atom is 0.309 e. The molecule has 0 unspecified atom stereocenters. The minimum Gasteiger partial charge on any atom is -0.456 e. The van der Waals surface area contributed by atoms with Crippen molar-refractivity contribution in [2.75, 3.05) is 0 Å². The first kappa shape index (κ1) is 9.00. The van der Waals surface area contributed by atoms with Crippen LogP contribution in [0.3, 0.4) is 0 Å². The molecule has 0 aromatic rings. The molecular weight excluding hydrogens is 168 g/mol. The molecule has 0 radical (unpaired) electrons. The Labute approximate surface area is 78.4 Å². The van der Waals surface area contributed by atoms with Crippen LogP contribution in [0.1, 0.15) is 39.5 Å². The number of hydrogen-bond donors (Lipinski definition) is 0. The Morgan fingerprint density at radius 3 is 2.85 bits per heavy atom. The maximum absolute atomic E-state index is 11.1. The number of carbonyl (C=O) groups excluding carboxylic acids is 1. The summed E-state index contributed by atoms with van der Waals surface area (Å²) in [7, 11) is 0. The van der Waals surface area contributed by atoms with E-state index in [9.17, 15) is 4.79 Å². The second kappa shape index (κ2) is 2.98. The van der Waals surface area contributed by atoms with Gasteiger partial charge in [0.15, 0.2) is 0 Å². The lowest BCUT2D eigenvalue weighted by Crippen LogP contribution is -2.34. The zero-order chi connectivity index (χ0) is 9.47. The Kier molecular flexibility index (Phi) is 2.06. The normalized spacial score (nSPS) is 43.4.